The maximum atomic E-state index is 13.1. The van der Waals surface area contributed by atoms with E-state index in [1.165, 1.54) is 0 Å². The van der Waals surface area contributed by atoms with Crippen molar-refractivity contribution in [1.82, 2.24) is 4.90 Å². The second kappa shape index (κ2) is 7.53. The zero-order chi connectivity index (χ0) is 18.7. The Balaban J connectivity index is 1.89. The highest BCUT2D eigenvalue weighted by Gasteiger charge is 2.35. The lowest BCUT2D eigenvalue weighted by Gasteiger charge is -2.27. The third kappa shape index (κ3) is 4.27. The average Bonchev–Trinajstić information content (AvgIpc) is 3.17. The van der Waals surface area contributed by atoms with Crippen LogP contribution in [-0.4, -0.2) is 43.4 Å². The first-order valence-corrected chi connectivity index (χ1v) is 10.5. The summed E-state index contributed by atoms with van der Waals surface area (Å²) < 4.78 is 34.9. The van der Waals surface area contributed by atoms with Crippen molar-refractivity contribution in [2.75, 3.05) is 18.1 Å². The fourth-order valence-corrected chi connectivity index (χ4v) is 4.91. The van der Waals surface area contributed by atoms with Gasteiger partial charge in [-0.15, -0.1) is 0 Å². The molecule has 1 aliphatic rings. The van der Waals surface area contributed by atoms with E-state index in [4.69, 9.17) is 9.15 Å². The van der Waals surface area contributed by atoms with Crippen LogP contribution < -0.4 is 4.74 Å². The third-order valence-electron chi connectivity index (χ3n) is 4.42. The second-order valence-electron chi connectivity index (χ2n) is 6.46. The first-order valence-electron chi connectivity index (χ1n) is 8.67. The number of carbonyl (C=O) groups excluding carboxylic acids is 1. The SMILES string of the molecule is CCOc1cccc(C(=O)N(Cc2ccc(C)o2)[C@H]2CCS(=O)(=O)C2)c1. The van der Waals surface area contributed by atoms with Gasteiger partial charge in [-0.3, -0.25) is 4.79 Å². The van der Waals surface area contributed by atoms with Crippen molar-refractivity contribution in [3.05, 3.63) is 53.5 Å². The predicted octanol–water partition coefficient (Wildman–Crippen LogP) is 2.82. The summed E-state index contributed by atoms with van der Waals surface area (Å²) in [5, 5.41) is 0. The van der Waals surface area contributed by atoms with Crippen LogP contribution in [0.25, 0.3) is 0 Å². The molecule has 1 aromatic carbocycles. The van der Waals surface area contributed by atoms with Gasteiger partial charge in [0.25, 0.3) is 5.91 Å². The van der Waals surface area contributed by atoms with Crippen molar-refractivity contribution >= 4 is 15.7 Å². The molecule has 1 aromatic heterocycles. The van der Waals surface area contributed by atoms with Gasteiger partial charge in [0.1, 0.15) is 17.3 Å². The Kier molecular flexibility index (Phi) is 5.36. The minimum absolute atomic E-state index is 0.0103. The largest absolute Gasteiger partial charge is 0.494 e. The molecule has 1 atom stereocenters. The lowest BCUT2D eigenvalue weighted by atomic mass is 10.1. The molecule has 1 saturated heterocycles. The number of sulfone groups is 1. The van der Waals surface area contributed by atoms with Crippen LogP contribution in [0.1, 0.15) is 35.2 Å². The predicted molar refractivity (Wildman–Crippen MR) is 98.0 cm³/mol. The number of hydrogen-bond donors (Lipinski definition) is 0. The number of carbonyl (C=O) groups is 1. The summed E-state index contributed by atoms with van der Waals surface area (Å²) >= 11 is 0. The van der Waals surface area contributed by atoms with E-state index < -0.39 is 9.84 Å². The van der Waals surface area contributed by atoms with E-state index in [2.05, 4.69) is 0 Å². The molecule has 0 N–H and O–H groups in total. The topological polar surface area (TPSA) is 76.8 Å². The van der Waals surface area contributed by atoms with Gasteiger partial charge in [-0.1, -0.05) is 6.07 Å². The fourth-order valence-electron chi connectivity index (χ4n) is 3.18. The van der Waals surface area contributed by atoms with Crippen molar-refractivity contribution in [3.8, 4) is 5.75 Å². The number of amides is 1. The van der Waals surface area contributed by atoms with Gasteiger partial charge < -0.3 is 14.1 Å². The Morgan fingerprint density at radius 1 is 1.31 bits per heavy atom. The molecule has 0 bridgehead atoms. The van der Waals surface area contributed by atoms with E-state index in [1.807, 2.05) is 26.0 Å². The molecule has 2 aromatic rings. The van der Waals surface area contributed by atoms with Gasteiger partial charge in [0.05, 0.1) is 24.7 Å². The number of aryl methyl sites for hydroxylation is 1. The maximum absolute atomic E-state index is 13.1. The van der Waals surface area contributed by atoms with E-state index in [-0.39, 0.29) is 30.0 Å². The minimum Gasteiger partial charge on any atom is -0.494 e. The van der Waals surface area contributed by atoms with Crippen LogP contribution in [0.4, 0.5) is 0 Å². The summed E-state index contributed by atoms with van der Waals surface area (Å²) in [6, 6.07) is 10.3. The highest BCUT2D eigenvalue weighted by atomic mass is 32.2. The zero-order valence-electron chi connectivity index (χ0n) is 15.0. The van der Waals surface area contributed by atoms with Gasteiger partial charge in [0.15, 0.2) is 9.84 Å². The quantitative estimate of drug-likeness (QED) is 0.774. The van der Waals surface area contributed by atoms with Gasteiger partial charge in [0.2, 0.25) is 0 Å². The van der Waals surface area contributed by atoms with E-state index >= 15 is 0 Å². The molecule has 7 heteroatoms. The van der Waals surface area contributed by atoms with Crippen molar-refractivity contribution in [1.29, 1.82) is 0 Å². The Morgan fingerprint density at radius 3 is 2.73 bits per heavy atom. The lowest BCUT2D eigenvalue weighted by Crippen LogP contribution is -2.40. The minimum atomic E-state index is -3.11. The van der Waals surface area contributed by atoms with E-state index in [9.17, 15) is 13.2 Å². The molecule has 0 saturated carbocycles. The molecule has 140 valence electrons. The Labute approximate surface area is 153 Å². The normalized spacial score (nSPS) is 18.6. The van der Waals surface area contributed by atoms with Crippen LogP contribution in [0, 0.1) is 6.92 Å². The van der Waals surface area contributed by atoms with Gasteiger partial charge >= 0.3 is 0 Å². The summed E-state index contributed by atoms with van der Waals surface area (Å²) in [6.07, 6.45) is 0.443. The number of furan rings is 1. The molecule has 1 amide bonds. The van der Waals surface area contributed by atoms with Crippen LogP contribution in [0.3, 0.4) is 0 Å². The number of hydrogen-bond acceptors (Lipinski definition) is 5. The van der Waals surface area contributed by atoms with Crippen LogP contribution >= 0.6 is 0 Å². The van der Waals surface area contributed by atoms with E-state index in [0.717, 1.165) is 5.76 Å². The Morgan fingerprint density at radius 2 is 2.12 bits per heavy atom. The third-order valence-corrected chi connectivity index (χ3v) is 6.17. The Bertz CT molecular complexity index is 887. The molecule has 0 radical (unpaired) electrons. The first kappa shape index (κ1) is 18.5. The molecule has 0 aliphatic carbocycles. The van der Waals surface area contributed by atoms with Gasteiger partial charge in [0, 0.05) is 11.6 Å². The lowest BCUT2D eigenvalue weighted by molar-refractivity contribution is 0.0665. The van der Waals surface area contributed by atoms with Gasteiger partial charge in [-0.05, 0) is 50.6 Å². The number of ether oxygens (including phenoxy) is 1. The molecule has 3 rings (SSSR count). The Hall–Kier alpha value is -2.28. The van der Waals surface area contributed by atoms with E-state index in [0.29, 0.717) is 30.1 Å². The number of nitrogens with zero attached hydrogens (tertiary/aromatic N) is 1. The standard InChI is InChI=1S/C19H23NO5S/c1-3-24-17-6-4-5-15(11-17)19(21)20(12-18-8-7-14(2)25-18)16-9-10-26(22,23)13-16/h4-8,11,16H,3,9-10,12-13H2,1-2H3/t16-/m0/s1. The highest BCUT2D eigenvalue weighted by molar-refractivity contribution is 7.91. The molecular formula is C19H23NO5S. The number of rotatable bonds is 6. The maximum Gasteiger partial charge on any atom is 0.254 e. The molecule has 6 nitrogen and oxygen atoms in total. The van der Waals surface area contributed by atoms with Crippen molar-refractivity contribution in [3.63, 3.8) is 0 Å². The zero-order valence-corrected chi connectivity index (χ0v) is 15.8. The fraction of sp³-hybridized carbons (Fsp3) is 0.421. The smallest absolute Gasteiger partial charge is 0.254 e. The molecule has 2 heterocycles. The summed E-state index contributed by atoms with van der Waals surface area (Å²) in [7, 11) is -3.11. The van der Waals surface area contributed by atoms with Crippen LogP contribution in [-0.2, 0) is 16.4 Å². The monoisotopic (exact) mass is 377 g/mol. The van der Waals surface area contributed by atoms with Crippen LogP contribution in [0.5, 0.6) is 5.75 Å². The van der Waals surface area contributed by atoms with Crippen LogP contribution in [0.2, 0.25) is 0 Å². The van der Waals surface area contributed by atoms with Gasteiger partial charge in [-0.25, -0.2) is 8.42 Å². The number of benzene rings is 1. The van der Waals surface area contributed by atoms with Crippen molar-refractivity contribution < 1.29 is 22.4 Å². The van der Waals surface area contributed by atoms with Crippen molar-refractivity contribution in [2.24, 2.45) is 0 Å². The molecule has 1 fully saturated rings. The summed E-state index contributed by atoms with van der Waals surface area (Å²) in [5.41, 5.74) is 0.475. The molecule has 0 spiro atoms. The molecular weight excluding hydrogens is 354 g/mol. The van der Waals surface area contributed by atoms with Crippen molar-refractivity contribution in [2.45, 2.75) is 32.9 Å². The summed E-state index contributed by atoms with van der Waals surface area (Å²) in [6.45, 7) is 4.46. The van der Waals surface area contributed by atoms with E-state index in [1.54, 1.807) is 29.2 Å². The van der Waals surface area contributed by atoms with Gasteiger partial charge in [-0.2, -0.15) is 0 Å². The summed E-state index contributed by atoms with van der Waals surface area (Å²) in [4.78, 5) is 14.7. The first-order chi connectivity index (χ1) is 12.4. The van der Waals surface area contributed by atoms with Crippen LogP contribution in [0.15, 0.2) is 40.8 Å². The summed E-state index contributed by atoms with van der Waals surface area (Å²) in [5.74, 6) is 1.89. The second-order valence-corrected chi connectivity index (χ2v) is 8.69. The molecule has 0 unspecified atom stereocenters. The highest BCUT2D eigenvalue weighted by Crippen LogP contribution is 2.24. The average molecular weight is 377 g/mol. The molecule has 1 aliphatic heterocycles. The molecule has 26 heavy (non-hydrogen) atoms.